The number of rotatable bonds is 5. The molecule has 0 aliphatic heterocycles. The molecule has 88 valence electrons. The van der Waals surface area contributed by atoms with Crippen molar-refractivity contribution in [1.29, 1.82) is 0 Å². The summed E-state index contributed by atoms with van der Waals surface area (Å²) in [5.41, 5.74) is -0.0608. The molecule has 0 bridgehead atoms. The third-order valence-corrected chi connectivity index (χ3v) is 2.03. The van der Waals surface area contributed by atoms with Gasteiger partial charge in [-0.15, -0.1) is 0 Å². The Hall–Kier alpha value is -1.62. The van der Waals surface area contributed by atoms with Gasteiger partial charge < -0.3 is 15.7 Å². The summed E-state index contributed by atoms with van der Waals surface area (Å²) in [5.74, 6) is -1.39. The summed E-state index contributed by atoms with van der Waals surface area (Å²) >= 11 is 0. The lowest BCUT2D eigenvalue weighted by Crippen LogP contribution is -2.32. The number of phenolic OH excluding ortho intramolecular Hbond substituents is 1. The highest BCUT2D eigenvalue weighted by Gasteiger charge is 2.11. The fourth-order valence-corrected chi connectivity index (χ4v) is 1.22. The van der Waals surface area contributed by atoms with Crippen molar-refractivity contribution in [1.82, 2.24) is 10.6 Å². The van der Waals surface area contributed by atoms with E-state index in [1.165, 1.54) is 12.1 Å². The van der Waals surface area contributed by atoms with Crippen LogP contribution < -0.4 is 10.6 Å². The molecule has 4 nitrogen and oxygen atoms in total. The number of hydrogen-bond donors (Lipinski definition) is 3. The molecular weight excluding hydrogens is 211 g/mol. The molecule has 0 spiro atoms. The van der Waals surface area contributed by atoms with E-state index in [0.29, 0.717) is 13.1 Å². The molecule has 0 aromatic heterocycles. The van der Waals surface area contributed by atoms with Gasteiger partial charge in [0, 0.05) is 19.2 Å². The maximum absolute atomic E-state index is 13.2. The Morgan fingerprint density at radius 1 is 1.44 bits per heavy atom. The van der Waals surface area contributed by atoms with E-state index in [0.717, 1.165) is 12.6 Å². The van der Waals surface area contributed by atoms with Gasteiger partial charge in [-0.25, -0.2) is 4.39 Å². The first kappa shape index (κ1) is 12.4. The predicted molar refractivity (Wildman–Crippen MR) is 58.9 cm³/mol. The van der Waals surface area contributed by atoms with Gasteiger partial charge in [-0.05, 0) is 18.7 Å². The van der Waals surface area contributed by atoms with Gasteiger partial charge >= 0.3 is 0 Å². The van der Waals surface area contributed by atoms with E-state index in [9.17, 15) is 9.18 Å². The fourth-order valence-electron chi connectivity index (χ4n) is 1.22. The second kappa shape index (κ2) is 6.07. The third kappa shape index (κ3) is 3.51. The molecule has 3 N–H and O–H groups in total. The number of phenols is 1. The number of carbonyl (C=O) groups excluding carboxylic acids is 1. The van der Waals surface area contributed by atoms with Gasteiger partial charge in [-0.1, -0.05) is 6.92 Å². The number of aromatic hydroxyl groups is 1. The Kier molecular flexibility index (Phi) is 4.72. The number of halogens is 1. The lowest BCUT2D eigenvalue weighted by atomic mass is 10.2. The van der Waals surface area contributed by atoms with Crippen LogP contribution in [0.5, 0.6) is 5.75 Å². The normalized spacial score (nSPS) is 10.1. The number of carbonyl (C=O) groups is 1. The summed E-state index contributed by atoms with van der Waals surface area (Å²) in [6.07, 6.45) is 0. The van der Waals surface area contributed by atoms with Crippen molar-refractivity contribution in [3.63, 3.8) is 0 Å². The van der Waals surface area contributed by atoms with Crippen LogP contribution in [0.1, 0.15) is 17.3 Å². The smallest absolute Gasteiger partial charge is 0.254 e. The average molecular weight is 226 g/mol. The monoisotopic (exact) mass is 226 g/mol. The molecule has 1 aromatic carbocycles. The van der Waals surface area contributed by atoms with Gasteiger partial charge in [0.2, 0.25) is 0 Å². The molecule has 16 heavy (non-hydrogen) atoms. The largest absolute Gasteiger partial charge is 0.508 e. The lowest BCUT2D eigenvalue weighted by Gasteiger charge is -2.06. The second-order valence-corrected chi connectivity index (χ2v) is 3.27. The minimum Gasteiger partial charge on any atom is -0.508 e. The van der Waals surface area contributed by atoms with Crippen molar-refractivity contribution < 1.29 is 14.3 Å². The van der Waals surface area contributed by atoms with E-state index < -0.39 is 11.7 Å². The maximum atomic E-state index is 13.2. The molecule has 0 radical (unpaired) electrons. The van der Waals surface area contributed by atoms with E-state index >= 15 is 0 Å². The molecule has 0 aliphatic rings. The fraction of sp³-hybridized carbons (Fsp3) is 0.364. The molecule has 0 aliphatic carbocycles. The molecule has 0 saturated heterocycles. The van der Waals surface area contributed by atoms with Gasteiger partial charge in [0.1, 0.15) is 11.6 Å². The van der Waals surface area contributed by atoms with Crippen LogP contribution >= 0.6 is 0 Å². The first-order chi connectivity index (χ1) is 7.65. The summed E-state index contributed by atoms with van der Waals surface area (Å²) in [5, 5.41) is 14.6. The number of benzene rings is 1. The zero-order valence-electron chi connectivity index (χ0n) is 9.09. The van der Waals surface area contributed by atoms with E-state index in [1.54, 1.807) is 0 Å². The Bertz CT molecular complexity index is 369. The van der Waals surface area contributed by atoms with Crippen molar-refractivity contribution in [2.75, 3.05) is 19.6 Å². The Labute approximate surface area is 93.5 Å². The highest BCUT2D eigenvalue weighted by molar-refractivity contribution is 5.94. The van der Waals surface area contributed by atoms with Crippen LogP contribution in [-0.2, 0) is 0 Å². The summed E-state index contributed by atoms with van der Waals surface area (Å²) in [4.78, 5) is 11.5. The van der Waals surface area contributed by atoms with Crippen molar-refractivity contribution in [3.05, 3.63) is 29.6 Å². The summed E-state index contributed by atoms with van der Waals surface area (Å²) in [6.45, 7) is 3.86. The average Bonchev–Trinajstić information content (AvgIpc) is 2.24. The van der Waals surface area contributed by atoms with E-state index in [4.69, 9.17) is 5.11 Å². The highest BCUT2D eigenvalue weighted by atomic mass is 19.1. The number of hydrogen-bond acceptors (Lipinski definition) is 3. The van der Waals surface area contributed by atoms with Crippen molar-refractivity contribution in [2.45, 2.75) is 6.92 Å². The van der Waals surface area contributed by atoms with Gasteiger partial charge in [0.05, 0.1) is 5.56 Å². The quantitative estimate of drug-likeness (QED) is 0.653. The Morgan fingerprint density at radius 2 is 2.19 bits per heavy atom. The summed E-state index contributed by atoms with van der Waals surface area (Å²) in [7, 11) is 0. The first-order valence-corrected chi connectivity index (χ1v) is 5.12. The molecule has 0 unspecified atom stereocenters. The van der Waals surface area contributed by atoms with Crippen LogP contribution in [0.2, 0.25) is 0 Å². The lowest BCUT2D eigenvalue weighted by molar-refractivity contribution is 0.0950. The van der Waals surface area contributed by atoms with Crippen LogP contribution in [0.4, 0.5) is 4.39 Å². The standard InChI is InChI=1S/C11H15FN2O2/c1-2-13-5-6-14-11(16)9-4-3-8(15)7-10(9)12/h3-4,7,13,15H,2,5-6H2,1H3,(H,14,16). The molecule has 0 heterocycles. The van der Waals surface area contributed by atoms with Crippen LogP contribution in [0.3, 0.4) is 0 Å². The second-order valence-electron chi connectivity index (χ2n) is 3.27. The van der Waals surface area contributed by atoms with Crippen molar-refractivity contribution in [2.24, 2.45) is 0 Å². The van der Waals surface area contributed by atoms with Gasteiger partial charge in [0.15, 0.2) is 0 Å². The molecule has 1 rings (SSSR count). The van der Waals surface area contributed by atoms with Crippen molar-refractivity contribution in [3.8, 4) is 5.75 Å². The SMILES string of the molecule is CCNCCNC(=O)c1ccc(O)cc1F. The summed E-state index contributed by atoms with van der Waals surface area (Å²) < 4.78 is 13.2. The molecule has 1 amide bonds. The van der Waals surface area contributed by atoms with E-state index in [2.05, 4.69) is 10.6 Å². The Morgan fingerprint density at radius 3 is 2.81 bits per heavy atom. The van der Waals surface area contributed by atoms with Crippen molar-refractivity contribution >= 4 is 5.91 Å². The molecular formula is C11H15FN2O2. The molecule has 0 fully saturated rings. The highest BCUT2D eigenvalue weighted by Crippen LogP contribution is 2.14. The number of amides is 1. The predicted octanol–water partition coefficient (Wildman–Crippen LogP) is 0.871. The van der Waals surface area contributed by atoms with Crippen LogP contribution in [0.25, 0.3) is 0 Å². The summed E-state index contributed by atoms with van der Waals surface area (Å²) in [6, 6.07) is 3.45. The zero-order chi connectivity index (χ0) is 12.0. The van der Waals surface area contributed by atoms with Gasteiger partial charge in [-0.3, -0.25) is 4.79 Å². The van der Waals surface area contributed by atoms with Crippen LogP contribution in [-0.4, -0.2) is 30.6 Å². The van der Waals surface area contributed by atoms with Gasteiger partial charge in [0.25, 0.3) is 5.91 Å². The first-order valence-electron chi connectivity index (χ1n) is 5.12. The molecule has 0 saturated carbocycles. The van der Waals surface area contributed by atoms with E-state index in [-0.39, 0.29) is 11.3 Å². The minimum absolute atomic E-state index is 0.0608. The maximum Gasteiger partial charge on any atom is 0.254 e. The third-order valence-electron chi connectivity index (χ3n) is 2.03. The Balaban J connectivity index is 2.53. The van der Waals surface area contributed by atoms with E-state index in [1.807, 2.05) is 6.92 Å². The van der Waals surface area contributed by atoms with Gasteiger partial charge in [-0.2, -0.15) is 0 Å². The molecule has 1 aromatic rings. The van der Waals surface area contributed by atoms with Crippen LogP contribution in [0, 0.1) is 5.82 Å². The molecule has 0 atom stereocenters. The number of nitrogens with one attached hydrogen (secondary N) is 2. The topological polar surface area (TPSA) is 61.4 Å². The molecule has 5 heteroatoms. The van der Waals surface area contributed by atoms with Crippen LogP contribution in [0.15, 0.2) is 18.2 Å². The number of likely N-dealkylation sites (N-methyl/N-ethyl adjacent to an activating group) is 1. The zero-order valence-corrected chi connectivity index (χ0v) is 9.09. The minimum atomic E-state index is -0.721.